The van der Waals surface area contributed by atoms with Crippen molar-refractivity contribution < 1.29 is 4.79 Å². The maximum absolute atomic E-state index is 11.4. The van der Waals surface area contributed by atoms with Gasteiger partial charge in [-0.25, -0.2) is 0 Å². The molecule has 0 heterocycles. The van der Waals surface area contributed by atoms with E-state index in [1.807, 2.05) is 0 Å². The van der Waals surface area contributed by atoms with Gasteiger partial charge in [0.15, 0.2) is 0 Å². The van der Waals surface area contributed by atoms with Gasteiger partial charge in [0.25, 0.3) is 0 Å². The minimum Gasteiger partial charge on any atom is -0.299 e. The third-order valence-corrected chi connectivity index (χ3v) is 3.21. The van der Waals surface area contributed by atoms with Crippen molar-refractivity contribution >= 4 is 18.2 Å². The van der Waals surface area contributed by atoms with Crippen molar-refractivity contribution in [2.24, 2.45) is 5.41 Å². The Morgan fingerprint density at radius 2 is 1.55 bits per heavy atom. The van der Waals surface area contributed by atoms with Crippen LogP contribution in [-0.2, 0) is 4.79 Å². The second-order valence-corrected chi connectivity index (χ2v) is 3.76. The Morgan fingerprint density at radius 1 is 1.00 bits per heavy atom. The van der Waals surface area contributed by atoms with Crippen LogP contribution < -0.4 is 0 Å². The molecule has 0 N–H and O–H groups in total. The van der Waals surface area contributed by atoms with Crippen LogP contribution in [0.3, 0.4) is 0 Å². The molecule has 1 spiro atoms. The van der Waals surface area contributed by atoms with Gasteiger partial charge in [-0.1, -0.05) is 12.8 Å². The number of carbonyl (C=O) groups is 1. The zero-order valence-electron chi connectivity index (χ0n) is 6.77. The Kier molecular flexibility index (Phi) is 2.58. The Hall–Kier alpha value is -0.0400. The minimum absolute atomic E-state index is 0. The van der Waals surface area contributed by atoms with Gasteiger partial charge in [0.1, 0.15) is 5.78 Å². The van der Waals surface area contributed by atoms with Crippen molar-refractivity contribution in [3.8, 4) is 0 Å². The van der Waals surface area contributed by atoms with E-state index in [2.05, 4.69) is 0 Å². The predicted octanol–water partition coefficient (Wildman–Crippen LogP) is 2.72. The molecule has 0 bridgehead atoms. The van der Waals surface area contributed by atoms with E-state index < -0.39 is 0 Å². The fourth-order valence-electron chi connectivity index (χ4n) is 2.57. The van der Waals surface area contributed by atoms with Crippen LogP contribution in [0.1, 0.15) is 44.9 Å². The maximum atomic E-state index is 11.4. The van der Waals surface area contributed by atoms with Crippen molar-refractivity contribution in [3.63, 3.8) is 0 Å². The van der Waals surface area contributed by atoms with Crippen molar-refractivity contribution in [3.05, 3.63) is 0 Å². The summed E-state index contributed by atoms with van der Waals surface area (Å²) in [6.45, 7) is 0. The van der Waals surface area contributed by atoms with Gasteiger partial charge in [0.2, 0.25) is 0 Å². The van der Waals surface area contributed by atoms with Crippen molar-refractivity contribution in [2.75, 3.05) is 0 Å². The summed E-state index contributed by atoms with van der Waals surface area (Å²) in [6.07, 6.45) is 8.24. The highest BCUT2D eigenvalue weighted by Crippen LogP contribution is 2.47. The lowest BCUT2D eigenvalue weighted by Gasteiger charge is -2.18. The minimum atomic E-state index is 0. The van der Waals surface area contributed by atoms with Gasteiger partial charge < -0.3 is 0 Å². The van der Waals surface area contributed by atoms with E-state index in [-0.39, 0.29) is 17.8 Å². The molecule has 2 aliphatic carbocycles. The zero-order chi connectivity index (χ0) is 7.03. The quantitative estimate of drug-likeness (QED) is 0.552. The van der Waals surface area contributed by atoms with Gasteiger partial charge in [-0.05, 0) is 25.7 Å². The maximum Gasteiger partial charge on any atom is 0.139 e. The smallest absolute Gasteiger partial charge is 0.139 e. The molecule has 0 aliphatic heterocycles. The standard InChI is InChI=1S/C9H14O.ClH/c10-8-4-3-7-9(8)5-1-2-6-9;/h1-7H2;1H. The summed E-state index contributed by atoms with van der Waals surface area (Å²) >= 11 is 0. The Balaban J connectivity index is 0.000000605. The number of ketones is 1. The normalized spacial score (nSPS) is 27.5. The highest BCUT2D eigenvalue weighted by atomic mass is 35.5. The molecular formula is C9H15ClO. The first-order valence-electron chi connectivity index (χ1n) is 4.37. The molecule has 0 amide bonds. The molecular weight excluding hydrogens is 160 g/mol. The first kappa shape index (κ1) is 9.05. The molecule has 0 aromatic rings. The molecule has 1 nitrogen and oxygen atoms in total. The third kappa shape index (κ3) is 1.31. The van der Waals surface area contributed by atoms with E-state index in [1.165, 1.54) is 38.5 Å². The predicted molar refractivity (Wildman–Crippen MR) is 47.0 cm³/mol. The number of carbonyl (C=O) groups excluding carboxylic acids is 1. The molecule has 2 fully saturated rings. The molecule has 0 unspecified atom stereocenters. The summed E-state index contributed by atoms with van der Waals surface area (Å²) in [5.41, 5.74) is 0.208. The Morgan fingerprint density at radius 3 is 2.00 bits per heavy atom. The molecule has 2 heteroatoms. The van der Waals surface area contributed by atoms with Crippen LogP contribution in [0.4, 0.5) is 0 Å². The number of hydrogen-bond donors (Lipinski definition) is 0. The fraction of sp³-hybridized carbons (Fsp3) is 0.889. The highest BCUT2D eigenvalue weighted by Gasteiger charge is 2.43. The number of hydrogen-bond acceptors (Lipinski definition) is 1. The second-order valence-electron chi connectivity index (χ2n) is 3.76. The third-order valence-electron chi connectivity index (χ3n) is 3.21. The summed E-state index contributed by atoms with van der Waals surface area (Å²) in [6, 6.07) is 0. The van der Waals surface area contributed by atoms with Crippen molar-refractivity contribution in [1.82, 2.24) is 0 Å². The highest BCUT2D eigenvalue weighted by molar-refractivity contribution is 5.87. The van der Waals surface area contributed by atoms with E-state index in [1.54, 1.807) is 0 Å². The van der Waals surface area contributed by atoms with E-state index in [0.29, 0.717) is 5.78 Å². The summed E-state index contributed by atoms with van der Waals surface area (Å²) in [5, 5.41) is 0. The van der Waals surface area contributed by atoms with Crippen LogP contribution in [-0.4, -0.2) is 5.78 Å². The van der Waals surface area contributed by atoms with Gasteiger partial charge in [0, 0.05) is 11.8 Å². The summed E-state index contributed by atoms with van der Waals surface area (Å²) < 4.78 is 0. The summed E-state index contributed by atoms with van der Waals surface area (Å²) in [5.74, 6) is 0.574. The number of halogens is 1. The number of Topliss-reactive ketones (excluding diaryl/α,β-unsaturated/α-hetero) is 1. The molecule has 2 saturated carbocycles. The van der Waals surface area contributed by atoms with Gasteiger partial charge in [-0.2, -0.15) is 0 Å². The van der Waals surface area contributed by atoms with Crippen LogP contribution in [0.5, 0.6) is 0 Å². The van der Waals surface area contributed by atoms with Crippen LogP contribution in [0.15, 0.2) is 0 Å². The van der Waals surface area contributed by atoms with Gasteiger partial charge in [-0.3, -0.25) is 4.79 Å². The van der Waals surface area contributed by atoms with Crippen molar-refractivity contribution in [1.29, 1.82) is 0 Å². The molecule has 0 aromatic carbocycles. The lowest BCUT2D eigenvalue weighted by molar-refractivity contribution is -0.125. The Bertz CT molecular complexity index is 153. The lowest BCUT2D eigenvalue weighted by atomic mass is 9.84. The van der Waals surface area contributed by atoms with E-state index in [9.17, 15) is 4.79 Å². The molecule has 0 radical (unpaired) electrons. The molecule has 2 rings (SSSR count). The van der Waals surface area contributed by atoms with E-state index in [0.717, 1.165) is 6.42 Å². The average Bonchev–Trinajstić information content (AvgIpc) is 2.48. The summed E-state index contributed by atoms with van der Waals surface area (Å²) in [7, 11) is 0. The SMILES string of the molecule is Cl.O=C1CCCC12CCCC2. The van der Waals surface area contributed by atoms with Gasteiger partial charge >= 0.3 is 0 Å². The zero-order valence-corrected chi connectivity index (χ0v) is 7.58. The van der Waals surface area contributed by atoms with Crippen molar-refractivity contribution in [2.45, 2.75) is 44.9 Å². The topological polar surface area (TPSA) is 17.1 Å². The largest absolute Gasteiger partial charge is 0.299 e. The van der Waals surface area contributed by atoms with Crippen LogP contribution in [0, 0.1) is 5.41 Å². The van der Waals surface area contributed by atoms with Crippen LogP contribution in [0.25, 0.3) is 0 Å². The first-order chi connectivity index (χ1) is 4.83. The fourth-order valence-corrected chi connectivity index (χ4v) is 2.57. The molecule has 64 valence electrons. The molecule has 0 atom stereocenters. The van der Waals surface area contributed by atoms with E-state index >= 15 is 0 Å². The van der Waals surface area contributed by atoms with Crippen LogP contribution in [0.2, 0.25) is 0 Å². The molecule has 0 saturated heterocycles. The average molecular weight is 175 g/mol. The summed E-state index contributed by atoms with van der Waals surface area (Å²) in [4.78, 5) is 11.4. The van der Waals surface area contributed by atoms with E-state index in [4.69, 9.17) is 0 Å². The first-order valence-corrected chi connectivity index (χ1v) is 4.37. The van der Waals surface area contributed by atoms with Crippen LogP contribution >= 0.6 is 12.4 Å². The lowest BCUT2D eigenvalue weighted by Crippen LogP contribution is -2.20. The number of rotatable bonds is 0. The van der Waals surface area contributed by atoms with Gasteiger partial charge in [0.05, 0.1) is 0 Å². The monoisotopic (exact) mass is 174 g/mol. The Labute approximate surface area is 74.0 Å². The molecule has 0 aromatic heterocycles. The molecule has 2 aliphatic rings. The van der Waals surface area contributed by atoms with Gasteiger partial charge in [-0.15, -0.1) is 12.4 Å². The second kappa shape index (κ2) is 3.14. The molecule has 11 heavy (non-hydrogen) atoms.